The molecule has 0 aromatic heterocycles. The van der Waals surface area contributed by atoms with Crippen LogP contribution < -0.4 is 14.8 Å². The van der Waals surface area contributed by atoms with Gasteiger partial charge in [-0.2, -0.15) is 0 Å². The van der Waals surface area contributed by atoms with Crippen LogP contribution in [0.25, 0.3) is 0 Å². The first-order valence-corrected chi connectivity index (χ1v) is 11.1. The molecule has 1 saturated carbocycles. The van der Waals surface area contributed by atoms with E-state index >= 15 is 0 Å². The van der Waals surface area contributed by atoms with E-state index in [0.29, 0.717) is 11.4 Å². The second-order valence-corrected chi connectivity index (χ2v) is 8.83. The van der Waals surface area contributed by atoms with Crippen molar-refractivity contribution in [2.45, 2.75) is 43.4 Å². The summed E-state index contributed by atoms with van der Waals surface area (Å²) in [5.41, 5.74) is 0.673. The van der Waals surface area contributed by atoms with Gasteiger partial charge in [-0.15, -0.1) is 0 Å². The molecule has 156 valence electrons. The van der Waals surface area contributed by atoms with Crippen LogP contribution in [-0.4, -0.2) is 21.4 Å². The van der Waals surface area contributed by atoms with Crippen LogP contribution in [0.3, 0.4) is 0 Å². The summed E-state index contributed by atoms with van der Waals surface area (Å²) in [6.07, 6.45) is 6.13. The Morgan fingerprint density at radius 3 is 2.31 bits per heavy atom. The number of sulfonamides is 1. The van der Waals surface area contributed by atoms with Crippen LogP contribution in [0.5, 0.6) is 5.75 Å². The molecular formula is C21H25FN2O4S. The van der Waals surface area contributed by atoms with Crippen LogP contribution in [-0.2, 0) is 14.8 Å². The van der Waals surface area contributed by atoms with E-state index in [1.165, 1.54) is 25.3 Å². The molecule has 3 rings (SSSR count). The number of halogens is 1. The summed E-state index contributed by atoms with van der Waals surface area (Å²) < 4.78 is 46.0. The lowest BCUT2D eigenvalue weighted by Crippen LogP contribution is -2.22. The maximum Gasteiger partial charge on any atom is 0.262 e. The average Bonchev–Trinajstić information content (AvgIpc) is 2.98. The molecule has 29 heavy (non-hydrogen) atoms. The molecule has 0 aliphatic heterocycles. The van der Waals surface area contributed by atoms with Crippen molar-refractivity contribution in [3.05, 3.63) is 48.3 Å². The summed E-state index contributed by atoms with van der Waals surface area (Å²) in [5, 5.41) is 2.89. The molecule has 0 bridgehead atoms. The number of carbonyl (C=O) groups is 1. The molecule has 1 aliphatic carbocycles. The van der Waals surface area contributed by atoms with Crippen molar-refractivity contribution in [3.63, 3.8) is 0 Å². The van der Waals surface area contributed by atoms with Crippen LogP contribution in [0.15, 0.2) is 47.4 Å². The van der Waals surface area contributed by atoms with Gasteiger partial charge < -0.3 is 10.1 Å². The standard InChI is InChI=1S/C21H25FN2O4S/c1-28-20-13-10-17(23-21(25)15-6-4-2-3-5-7-15)14-19(20)24-29(26,27)18-11-8-16(22)9-12-18/h8-15,24H,2-7H2,1H3,(H,23,25). The van der Waals surface area contributed by atoms with E-state index in [2.05, 4.69) is 10.0 Å². The van der Waals surface area contributed by atoms with Crippen LogP contribution in [0, 0.1) is 11.7 Å². The highest BCUT2D eigenvalue weighted by Gasteiger charge is 2.21. The number of anilines is 2. The van der Waals surface area contributed by atoms with Crippen molar-refractivity contribution in [1.29, 1.82) is 0 Å². The van der Waals surface area contributed by atoms with Crippen LogP contribution in [0.2, 0.25) is 0 Å². The summed E-state index contributed by atoms with van der Waals surface area (Å²) in [4.78, 5) is 12.5. The van der Waals surface area contributed by atoms with E-state index in [1.54, 1.807) is 12.1 Å². The highest BCUT2D eigenvalue weighted by Crippen LogP contribution is 2.31. The van der Waals surface area contributed by atoms with Gasteiger partial charge in [0, 0.05) is 11.6 Å². The molecule has 2 aromatic carbocycles. The second kappa shape index (κ2) is 9.26. The summed E-state index contributed by atoms with van der Waals surface area (Å²) >= 11 is 0. The summed E-state index contributed by atoms with van der Waals surface area (Å²) in [7, 11) is -2.52. The Morgan fingerprint density at radius 2 is 1.69 bits per heavy atom. The van der Waals surface area contributed by atoms with E-state index < -0.39 is 15.8 Å². The van der Waals surface area contributed by atoms with E-state index in [0.717, 1.165) is 50.7 Å². The lowest BCUT2D eigenvalue weighted by molar-refractivity contribution is -0.120. The topological polar surface area (TPSA) is 84.5 Å². The summed E-state index contributed by atoms with van der Waals surface area (Å²) in [6.45, 7) is 0. The number of hydrogen-bond acceptors (Lipinski definition) is 4. The molecule has 0 radical (unpaired) electrons. The molecule has 0 heterocycles. The minimum Gasteiger partial charge on any atom is -0.495 e. The minimum atomic E-state index is -3.94. The molecule has 0 unspecified atom stereocenters. The van der Waals surface area contributed by atoms with E-state index in [-0.39, 0.29) is 22.4 Å². The third-order valence-electron chi connectivity index (χ3n) is 5.06. The fourth-order valence-electron chi connectivity index (χ4n) is 3.47. The largest absolute Gasteiger partial charge is 0.495 e. The van der Waals surface area contributed by atoms with Gasteiger partial charge in [-0.1, -0.05) is 25.7 Å². The van der Waals surface area contributed by atoms with Crippen molar-refractivity contribution in [2.75, 3.05) is 17.1 Å². The lowest BCUT2D eigenvalue weighted by Gasteiger charge is -2.16. The number of methoxy groups -OCH3 is 1. The number of ether oxygens (including phenoxy) is 1. The third-order valence-corrected chi connectivity index (χ3v) is 6.44. The second-order valence-electron chi connectivity index (χ2n) is 7.15. The van der Waals surface area contributed by atoms with Crippen LogP contribution in [0.4, 0.5) is 15.8 Å². The van der Waals surface area contributed by atoms with Crippen molar-refractivity contribution < 1.29 is 22.3 Å². The number of nitrogens with one attached hydrogen (secondary N) is 2. The molecule has 2 N–H and O–H groups in total. The number of benzene rings is 2. The third kappa shape index (κ3) is 5.47. The van der Waals surface area contributed by atoms with Gasteiger partial charge in [0.1, 0.15) is 11.6 Å². The molecular weight excluding hydrogens is 395 g/mol. The van der Waals surface area contributed by atoms with Crippen LogP contribution >= 0.6 is 0 Å². The molecule has 1 fully saturated rings. The molecule has 8 heteroatoms. The maximum atomic E-state index is 13.1. The molecule has 0 spiro atoms. The minimum absolute atomic E-state index is 0.0287. The highest BCUT2D eigenvalue weighted by atomic mass is 32.2. The maximum absolute atomic E-state index is 13.1. The van der Waals surface area contributed by atoms with Crippen molar-refractivity contribution in [1.82, 2.24) is 0 Å². The van der Waals surface area contributed by atoms with Gasteiger partial charge in [0.25, 0.3) is 10.0 Å². The molecule has 0 atom stereocenters. The summed E-state index contributed by atoms with van der Waals surface area (Å²) in [6, 6.07) is 9.30. The van der Waals surface area contributed by atoms with Crippen molar-refractivity contribution in [2.24, 2.45) is 5.92 Å². The fraction of sp³-hybridized carbons (Fsp3) is 0.381. The number of rotatable bonds is 6. The van der Waals surface area contributed by atoms with Crippen LogP contribution in [0.1, 0.15) is 38.5 Å². The first-order valence-electron chi connectivity index (χ1n) is 9.66. The predicted octanol–water partition coefficient (Wildman–Crippen LogP) is 4.54. The monoisotopic (exact) mass is 420 g/mol. The zero-order chi connectivity index (χ0) is 20.9. The fourth-order valence-corrected chi connectivity index (χ4v) is 4.53. The van der Waals surface area contributed by atoms with Gasteiger partial charge in [0.2, 0.25) is 5.91 Å². The molecule has 6 nitrogen and oxygen atoms in total. The quantitative estimate of drug-likeness (QED) is 0.672. The van der Waals surface area contributed by atoms with E-state index in [9.17, 15) is 17.6 Å². The normalized spacial score (nSPS) is 15.4. The van der Waals surface area contributed by atoms with Crippen molar-refractivity contribution in [3.8, 4) is 5.75 Å². The Balaban J connectivity index is 1.79. The van der Waals surface area contributed by atoms with Gasteiger partial charge in [-0.05, 0) is 55.3 Å². The summed E-state index contributed by atoms with van der Waals surface area (Å²) in [5.74, 6) is -0.295. The smallest absolute Gasteiger partial charge is 0.262 e. The Morgan fingerprint density at radius 1 is 1.03 bits per heavy atom. The SMILES string of the molecule is COc1ccc(NC(=O)C2CCCCCC2)cc1NS(=O)(=O)c1ccc(F)cc1. The Kier molecular flexibility index (Phi) is 6.74. The first-order chi connectivity index (χ1) is 13.9. The lowest BCUT2D eigenvalue weighted by atomic mass is 9.99. The van der Waals surface area contributed by atoms with Gasteiger partial charge in [-0.25, -0.2) is 12.8 Å². The molecule has 2 aromatic rings. The average molecular weight is 421 g/mol. The Bertz CT molecular complexity index is 953. The highest BCUT2D eigenvalue weighted by molar-refractivity contribution is 7.92. The van der Waals surface area contributed by atoms with Crippen molar-refractivity contribution >= 4 is 27.3 Å². The number of hydrogen-bond donors (Lipinski definition) is 2. The van der Waals surface area contributed by atoms with E-state index in [4.69, 9.17) is 4.74 Å². The predicted molar refractivity (Wildman–Crippen MR) is 110 cm³/mol. The van der Waals surface area contributed by atoms with Gasteiger partial charge in [0.15, 0.2) is 0 Å². The van der Waals surface area contributed by atoms with Gasteiger partial charge in [0.05, 0.1) is 17.7 Å². The zero-order valence-electron chi connectivity index (χ0n) is 16.3. The molecule has 1 aliphatic rings. The Hall–Kier alpha value is -2.61. The molecule has 0 saturated heterocycles. The molecule has 1 amide bonds. The number of carbonyl (C=O) groups excluding carboxylic acids is 1. The Labute approximate surface area is 170 Å². The zero-order valence-corrected chi connectivity index (χ0v) is 17.1. The first kappa shape index (κ1) is 21.1. The van der Waals surface area contributed by atoms with E-state index in [1.807, 2.05) is 0 Å². The van der Waals surface area contributed by atoms with Gasteiger partial charge >= 0.3 is 0 Å². The number of amides is 1. The van der Waals surface area contributed by atoms with Gasteiger partial charge in [-0.3, -0.25) is 9.52 Å².